The first-order valence-electron chi connectivity index (χ1n) is 4.62. The van der Waals surface area contributed by atoms with Crippen LogP contribution in [0.5, 0.6) is 0 Å². The smallest absolute Gasteiger partial charge is 0.127 e. The van der Waals surface area contributed by atoms with Crippen molar-refractivity contribution in [2.75, 3.05) is 39.3 Å². The highest BCUT2D eigenvalue weighted by Gasteiger charge is 2.24. The van der Waals surface area contributed by atoms with Crippen LogP contribution in [-0.2, 0) is 0 Å². The summed E-state index contributed by atoms with van der Waals surface area (Å²) in [5.41, 5.74) is 0. The van der Waals surface area contributed by atoms with Crippen molar-refractivity contribution < 1.29 is 9.80 Å². The minimum atomic E-state index is 1.45. The predicted molar refractivity (Wildman–Crippen MR) is 40.4 cm³/mol. The summed E-state index contributed by atoms with van der Waals surface area (Å²) in [6.07, 6.45) is 2.94. The third-order valence-electron chi connectivity index (χ3n) is 2.52. The molecule has 2 saturated heterocycles. The summed E-state index contributed by atoms with van der Waals surface area (Å²) < 4.78 is 0. The van der Waals surface area contributed by atoms with E-state index in [-0.39, 0.29) is 0 Å². The lowest BCUT2D eigenvalue weighted by atomic mass is 10.3. The number of hydrogen-bond donors (Lipinski definition) is 2. The Morgan fingerprint density at radius 3 is 1.40 bits per heavy atom. The first kappa shape index (κ1) is 6.62. The first-order valence-corrected chi connectivity index (χ1v) is 4.62. The molecule has 0 amide bonds. The molecule has 0 aromatic carbocycles. The molecule has 0 aromatic rings. The lowest BCUT2D eigenvalue weighted by Gasteiger charge is -1.96. The molecule has 58 valence electrons. The molecule has 10 heavy (non-hydrogen) atoms. The van der Waals surface area contributed by atoms with E-state index in [1.165, 1.54) is 52.1 Å². The number of nitrogens with one attached hydrogen (secondary N) is 2. The van der Waals surface area contributed by atoms with E-state index in [1.807, 2.05) is 9.80 Å². The zero-order valence-corrected chi connectivity index (χ0v) is 6.66. The maximum absolute atomic E-state index is 1.83. The van der Waals surface area contributed by atoms with Gasteiger partial charge in [0.05, 0.1) is 13.1 Å². The molecule has 2 heterocycles. The predicted octanol–water partition coefficient (Wildman–Crippen LogP) is -2.44. The Balaban J connectivity index is 1.40. The second-order valence-electron chi connectivity index (χ2n) is 3.71. The van der Waals surface area contributed by atoms with Crippen LogP contribution in [0.1, 0.15) is 12.8 Å². The van der Waals surface area contributed by atoms with Crippen LogP contribution >= 0.6 is 0 Å². The van der Waals surface area contributed by atoms with Gasteiger partial charge in [0, 0.05) is 12.8 Å². The van der Waals surface area contributed by atoms with Gasteiger partial charge in [-0.1, -0.05) is 0 Å². The summed E-state index contributed by atoms with van der Waals surface area (Å²) >= 11 is 0. The lowest BCUT2D eigenvalue weighted by Crippen LogP contribution is -2.93. The summed E-state index contributed by atoms with van der Waals surface area (Å²) in [6.45, 7) is 8.72. The van der Waals surface area contributed by atoms with Gasteiger partial charge in [-0.25, -0.2) is 0 Å². The monoisotopic (exact) mass is 142 g/mol. The fourth-order valence-corrected chi connectivity index (χ4v) is 1.43. The summed E-state index contributed by atoms with van der Waals surface area (Å²) in [7, 11) is 0. The van der Waals surface area contributed by atoms with Crippen molar-refractivity contribution in [1.82, 2.24) is 0 Å². The van der Waals surface area contributed by atoms with E-state index in [2.05, 4.69) is 0 Å². The number of unbranched alkanes of at least 4 members (excludes halogenated alkanes) is 1. The summed E-state index contributed by atoms with van der Waals surface area (Å²) in [5, 5.41) is 0. The Kier molecular flexibility index (Phi) is 1.91. The fourth-order valence-electron chi connectivity index (χ4n) is 1.43. The molecule has 0 radical (unpaired) electrons. The zero-order chi connectivity index (χ0) is 6.81. The van der Waals surface area contributed by atoms with Gasteiger partial charge in [0.1, 0.15) is 26.2 Å². The van der Waals surface area contributed by atoms with Crippen molar-refractivity contribution in [3.8, 4) is 0 Å². The quantitative estimate of drug-likeness (QED) is 0.312. The topological polar surface area (TPSA) is 8.88 Å². The van der Waals surface area contributed by atoms with Gasteiger partial charge in [-0.15, -0.1) is 0 Å². The first-order chi connectivity index (χ1) is 4.95. The Morgan fingerprint density at radius 2 is 1.10 bits per heavy atom. The standard InChI is InChI=1S/C8H16N2/c1(3-9-5-6-9)2-4-10-7-8-10/h1-8H2/p+2. The molecule has 2 rings (SSSR count). The van der Waals surface area contributed by atoms with Crippen molar-refractivity contribution in [2.24, 2.45) is 0 Å². The molecule has 2 aliphatic heterocycles. The van der Waals surface area contributed by atoms with Gasteiger partial charge in [-0.3, -0.25) is 0 Å². The molecule has 2 aliphatic rings. The molecular weight excluding hydrogens is 124 g/mol. The van der Waals surface area contributed by atoms with Crippen LogP contribution in [0.25, 0.3) is 0 Å². The van der Waals surface area contributed by atoms with Crippen LogP contribution in [0.15, 0.2) is 0 Å². The third-order valence-corrected chi connectivity index (χ3v) is 2.52. The molecule has 0 aromatic heterocycles. The second-order valence-corrected chi connectivity index (χ2v) is 3.71. The molecule has 2 N–H and O–H groups in total. The molecule has 0 unspecified atom stereocenters. The normalized spacial score (nSPS) is 25.2. The molecule has 0 aliphatic carbocycles. The Labute approximate surface area is 62.8 Å². The highest BCUT2D eigenvalue weighted by Crippen LogP contribution is 1.83. The van der Waals surface area contributed by atoms with Crippen molar-refractivity contribution >= 4 is 0 Å². The number of quaternary nitrogens is 2. The van der Waals surface area contributed by atoms with E-state index in [9.17, 15) is 0 Å². The molecular formula is C8H18N2+2. The second kappa shape index (κ2) is 2.89. The highest BCUT2D eigenvalue weighted by molar-refractivity contribution is 4.45. The van der Waals surface area contributed by atoms with Crippen LogP contribution in [0, 0.1) is 0 Å². The molecule has 2 nitrogen and oxygen atoms in total. The molecule has 0 bridgehead atoms. The van der Waals surface area contributed by atoms with Gasteiger partial charge >= 0.3 is 0 Å². The van der Waals surface area contributed by atoms with Gasteiger partial charge in [0.15, 0.2) is 0 Å². The van der Waals surface area contributed by atoms with E-state index in [1.54, 1.807) is 0 Å². The Morgan fingerprint density at radius 1 is 0.700 bits per heavy atom. The van der Waals surface area contributed by atoms with Crippen molar-refractivity contribution in [3.63, 3.8) is 0 Å². The van der Waals surface area contributed by atoms with Crippen LogP contribution < -0.4 is 9.80 Å². The van der Waals surface area contributed by atoms with Gasteiger partial charge in [0.2, 0.25) is 0 Å². The van der Waals surface area contributed by atoms with Crippen molar-refractivity contribution in [1.29, 1.82) is 0 Å². The average molecular weight is 142 g/mol. The summed E-state index contributed by atoms with van der Waals surface area (Å²) in [5.74, 6) is 0. The van der Waals surface area contributed by atoms with Crippen LogP contribution in [0.4, 0.5) is 0 Å². The van der Waals surface area contributed by atoms with E-state index in [4.69, 9.17) is 0 Å². The highest BCUT2D eigenvalue weighted by atomic mass is 15.3. The van der Waals surface area contributed by atoms with Gasteiger partial charge in [-0.2, -0.15) is 0 Å². The zero-order valence-electron chi connectivity index (χ0n) is 6.66. The van der Waals surface area contributed by atoms with Crippen molar-refractivity contribution in [2.45, 2.75) is 12.8 Å². The number of rotatable bonds is 5. The van der Waals surface area contributed by atoms with Crippen LogP contribution in [-0.4, -0.2) is 39.3 Å². The molecule has 2 fully saturated rings. The van der Waals surface area contributed by atoms with E-state index in [0.29, 0.717) is 0 Å². The van der Waals surface area contributed by atoms with Crippen LogP contribution in [0.2, 0.25) is 0 Å². The molecule has 0 spiro atoms. The third kappa shape index (κ3) is 2.27. The van der Waals surface area contributed by atoms with Crippen LogP contribution in [0.3, 0.4) is 0 Å². The Hall–Kier alpha value is -0.0800. The minimum absolute atomic E-state index is 1.45. The summed E-state index contributed by atoms with van der Waals surface area (Å²) in [4.78, 5) is 3.67. The summed E-state index contributed by atoms with van der Waals surface area (Å²) in [6, 6.07) is 0. The largest absolute Gasteiger partial charge is 0.326 e. The molecule has 0 atom stereocenters. The maximum Gasteiger partial charge on any atom is 0.127 e. The Bertz CT molecular complexity index is 91.8. The lowest BCUT2D eigenvalue weighted by molar-refractivity contribution is -0.767. The van der Waals surface area contributed by atoms with E-state index < -0.39 is 0 Å². The van der Waals surface area contributed by atoms with Crippen molar-refractivity contribution in [3.05, 3.63) is 0 Å². The van der Waals surface area contributed by atoms with E-state index >= 15 is 0 Å². The minimum Gasteiger partial charge on any atom is -0.326 e. The molecule has 0 saturated carbocycles. The molecule has 2 heteroatoms. The van der Waals surface area contributed by atoms with Gasteiger partial charge < -0.3 is 9.80 Å². The SMILES string of the molecule is C(CC[NH+]1CC1)C[NH+]1CC1. The maximum atomic E-state index is 1.83. The average Bonchev–Trinajstić information content (AvgIpc) is 2.77. The van der Waals surface area contributed by atoms with E-state index in [0.717, 1.165) is 0 Å². The fraction of sp³-hybridized carbons (Fsp3) is 1.00. The van der Waals surface area contributed by atoms with Gasteiger partial charge in [-0.05, 0) is 0 Å². The number of hydrogen-bond acceptors (Lipinski definition) is 0. The van der Waals surface area contributed by atoms with Gasteiger partial charge in [0.25, 0.3) is 0 Å².